The van der Waals surface area contributed by atoms with Gasteiger partial charge in [-0.3, -0.25) is 4.79 Å². The Balaban J connectivity index is 1.93. The minimum absolute atomic E-state index is 0.0716. The first-order valence-corrected chi connectivity index (χ1v) is 8.37. The fourth-order valence-corrected chi connectivity index (χ4v) is 3.90. The maximum atomic E-state index is 12.6. The van der Waals surface area contributed by atoms with Gasteiger partial charge in [0.2, 0.25) is 0 Å². The van der Waals surface area contributed by atoms with Gasteiger partial charge >= 0.3 is 0 Å². The number of aromatic hydroxyl groups is 1. The van der Waals surface area contributed by atoms with Crippen LogP contribution in [-0.2, 0) is 0 Å². The number of fused-ring (bicyclic) bond motifs is 2. The van der Waals surface area contributed by atoms with Crippen molar-refractivity contribution >= 4 is 28.8 Å². The molecule has 0 bridgehead atoms. The van der Waals surface area contributed by atoms with Crippen molar-refractivity contribution in [2.75, 3.05) is 7.11 Å². The molecule has 0 saturated heterocycles. The first-order valence-electron chi connectivity index (χ1n) is 7.49. The number of thiophene rings is 1. The molecule has 118 valence electrons. The van der Waals surface area contributed by atoms with Crippen molar-refractivity contribution in [2.45, 2.75) is 0 Å². The third kappa shape index (κ3) is 2.23. The van der Waals surface area contributed by atoms with Gasteiger partial charge in [0.15, 0.2) is 17.3 Å². The van der Waals surface area contributed by atoms with Crippen LogP contribution in [-0.4, -0.2) is 18.0 Å². The average Bonchev–Trinajstić information content (AvgIpc) is 3.10. The van der Waals surface area contributed by atoms with Crippen molar-refractivity contribution in [2.24, 2.45) is 0 Å². The summed E-state index contributed by atoms with van der Waals surface area (Å²) in [6.45, 7) is 0. The third-order valence-corrected chi connectivity index (χ3v) is 5.08. The average molecular weight is 334 g/mol. The van der Waals surface area contributed by atoms with Gasteiger partial charge in [0.1, 0.15) is 0 Å². The molecule has 2 aromatic carbocycles. The van der Waals surface area contributed by atoms with Gasteiger partial charge < -0.3 is 9.84 Å². The molecule has 1 aromatic heterocycles. The monoisotopic (exact) mass is 334 g/mol. The smallest absolute Gasteiger partial charge is 0.195 e. The number of carbonyl (C=O) groups excluding carboxylic acids is 1. The molecule has 1 aliphatic rings. The van der Waals surface area contributed by atoms with E-state index in [-0.39, 0.29) is 11.5 Å². The lowest BCUT2D eigenvalue weighted by Crippen LogP contribution is -2.11. The van der Waals surface area contributed by atoms with Crippen molar-refractivity contribution in [1.82, 2.24) is 0 Å². The van der Waals surface area contributed by atoms with E-state index in [4.69, 9.17) is 4.74 Å². The van der Waals surface area contributed by atoms with E-state index in [0.29, 0.717) is 5.75 Å². The number of ether oxygens (including phenoxy) is 1. The van der Waals surface area contributed by atoms with Gasteiger partial charge in [-0.2, -0.15) is 0 Å². The minimum atomic E-state index is 0.0716. The van der Waals surface area contributed by atoms with Gasteiger partial charge in [0, 0.05) is 21.6 Å². The summed E-state index contributed by atoms with van der Waals surface area (Å²) in [5.74, 6) is 0.605. The Hall–Kier alpha value is -2.85. The molecule has 4 rings (SSSR count). The van der Waals surface area contributed by atoms with Crippen LogP contribution in [0.4, 0.5) is 0 Å². The van der Waals surface area contributed by atoms with Crippen LogP contribution in [0.1, 0.15) is 31.9 Å². The molecule has 0 atom stereocenters. The normalized spacial score (nSPS) is 14.4. The standard InChI is InChI=1S/C20H14O3S/c1-23-18-11-12(6-7-17(18)21)10-16-13-4-2-3-5-14(13)19(22)15-8-9-24-20(15)16/h2-11,21H,1H3/b16-10+. The Labute approximate surface area is 143 Å². The van der Waals surface area contributed by atoms with Crippen molar-refractivity contribution < 1.29 is 14.6 Å². The number of rotatable bonds is 2. The summed E-state index contributed by atoms with van der Waals surface area (Å²) in [6, 6.07) is 14.8. The van der Waals surface area contributed by atoms with E-state index in [1.807, 2.05) is 47.9 Å². The summed E-state index contributed by atoms with van der Waals surface area (Å²) >= 11 is 1.56. The second-order valence-electron chi connectivity index (χ2n) is 5.53. The highest BCUT2D eigenvalue weighted by atomic mass is 32.1. The topological polar surface area (TPSA) is 46.5 Å². The molecule has 0 fully saturated rings. The van der Waals surface area contributed by atoms with Gasteiger partial charge in [0.05, 0.1) is 7.11 Å². The van der Waals surface area contributed by atoms with Gasteiger partial charge in [-0.1, -0.05) is 30.3 Å². The molecule has 1 aliphatic carbocycles. The van der Waals surface area contributed by atoms with Crippen molar-refractivity contribution in [3.63, 3.8) is 0 Å². The summed E-state index contributed by atoms with van der Waals surface area (Å²) in [4.78, 5) is 13.6. The molecule has 3 nitrogen and oxygen atoms in total. The zero-order valence-corrected chi connectivity index (χ0v) is 13.8. The zero-order chi connectivity index (χ0) is 16.7. The van der Waals surface area contributed by atoms with Crippen LogP contribution in [0.5, 0.6) is 11.5 Å². The zero-order valence-electron chi connectivity index (χ0n) is 12.9. The number of methoxy groups -OCH3 is 1. The molecular weight excluding hydrogens is 320 g/mol. The van der Waals surface area contributed by atoms with E-state index in [2.05, 4.69) is 0 Å². The van der Waals surface area contributed by atoms with Crippen LogP contribution in [0.3, 0.4) is 0 Å². The summed E-state index contributed by atoms with van der Waals surface area (Å²) in [5, 5.41) is 11.7. The lowest BCUT2D eigenvalue weighted by Gasteiger charge is -2.18. The Morgan fingerprint density at radius 2 is 1.83 bits per heavy atom. The molecule has 0 radical (unpaired) electrons. The van der Waals surface area contributed by atoms with Crippen LogP contribution >= 0.6 is 11.3 Å². The van der Waals surface area contributed by atoms with Crippen LogP contribution in [0, 0.1) is 0 Å². The fourth-order valence-electron chi connectivity index (χ4n) is 2.97. The summed E-state index contributed by atoms with van der Waals surface area (Å²) < 4.78 is 5.19. The Morgan fingerprint density at radius 1 is 1.04 bits per heavy atom. The van der Waals surface area contributed by atoms with Gasteiger partial charge in [-0.15, -0.1) is 11.3 Å². The number of phenolic OH excluding ortho intramolecular Hbond substituents is 1. The molecule has 24 heavy (non-hydrogen) atoms. The molecule has 1 heterocycles. The van der Waals surface area contributed by atoms with Crippen molar-refractivity contribution in [3.05, 3.63) is 81.0 Å². The second kappa shape index (κ2) is 5.65. The summed E-state index contributed by atoms with van der Waals surface area (Å²) in [7, 11) is 1.53. The first-order chi connectivity index (χ1) is 11.7. The SMILES string of the molecule is COc1cc(/C=C2\c3ccccc3C(=O)c3ccsc32)ccc1O. The lowest BCUT2D eigenvalue weighted by molar-refractivity contribution is 0.103. The Morgan fingerprint density at radius 3 is 2.62 bits per heavy atom. The molecule has 0 amide bonds. The number of hydrogen-bond donors (Lipinski definition) is 1. The van der Waals surface area contributed by atoms with Gasteiger partial charge in [-0.25, -0.2) is 0 Å². The lowest BCUT2D eigenvalue weighted by atomic mass is 9.85. The predicted octanol–water partition coefficient (Wildman–Crippen LogP) is 4.60. The molecule has 0 aliphatic heterocycles. The number of hydrogen-bond acceptors (Lipinski definition) is 4. The van der Waals surface area contributed by atoms with Crippen LogP contribution in [0.2, 0.25) is 0 Å². The number of phenols is 1. The molecule has 0 unspecified atom stereocenters. The van der Waals surface area contributed by atoms with Crippen LogP contribution in [0.25, 0.3) is 11.6 Å². The molecule has 3 aromatic rings. The second-order valence-corrected chi connectivity index (χ2v) is 6.44. The van der Waals surface area contributed by atoms with Crippen molar-refractivity contribution in [3.8, 4) is 11.5 Å². The summed E-state index contributed by atoms with van der Waals surface area (Å²) in [5.41, 5.74) is 4.33. The van der Waals surface area contributed by atoms with Gasteiger partial charge in [-0.05, 0) is 40.8 Å². The van der Waals surface area contributed by atoms with Crippen LogP contribution < -0.4 is 4.74 Å². The van der Waals surface area contributed by atoms with E-state index in [0.717, 1.165) is 32.7 Å². The van der Waals surface area contributed by atoms with E-state index in [9.17, 15) is 9.90 Å². The Bertz CT molecular complexity index is 982. The molecule has 0 spiro atoms. The maximum Gasteiger partial charge on any atom is 0.195 e. The first kappa shape index (κ1) is 14.7. The fraction of sp³-hybridized carbons (Fsp3) is 0.0500. The highest BCUT2D eigenvalue weighted by Gasteiger charge is 2.27. The highest BCUT2D eigenvalue weighted by Crippen LogP contribution is 2.40. The molecular formula is C20H14O3S. The van der Waals surface area contributed by atoms with E-state index in [1.165, 1.54) is 7.11 Å². The quantitative estimate of drug-likeness (QED) is 0.583. The molecule has 0 saturated carbocycles. The van der Waals surface area contributed by atoms with Crippen molar-refractivity contribution in [1.29, 1.82) is 0 Å². The van der Waals surface area contributed by atoms with E-state index < -0.39 is 0 Å². The predicted molar refractivity (Wildman–Crippen MR) is 95.8 cm³/mol. The number of carbonyl (C=O) groups is 1. The molecule has 4 heteroatoms. The van der Waals surface area contributed by atoms with E-state index in [1.54, 1.807) is 23.5 Å². The molecule has 1 N–H and O–H groups in total. The largest absolute Gasteiger partial charge is 0.504 e. The maximum absolute atomic E-state index is 12.6. The minimum Gasteiger partial charge on any atom is -0.504 e. The highest BCUT2D eigenvalue weighted by molar-refractivity contribution is 7.11. The van der Waals surface area contributed by atoms with Gasteiger partial charge in [0.25, 0.3) is 0 Å². The van der Waals surface area contributed by atoms with Crippen LogP contribution in [0.15, 0.2) is 53.9 Å². The third-order valence-electron chi connectivity index (χ3n) is 4.13. The Kier molecular flexibility index (Phi) is 3.47. The van der Waals surface area contributed by atoms with E-state index >= 15 is 0 Å². The number of ketones is 1. The summed E-state index contributed by atoms with van der Waals surface area (Å²) in [6.07, 6.45) is 2.03. The number of benzene rings is 2.